The van der Waals surface area contributed by atoms with E-state index >= 15 is 0 Å². The highest BCUT2D eigenvalue weighted by Gasteiger charge is 2.57. The standard InChI is InChI=1S/C21H31N3O3S/c1-16(2)12-23-13-18-19(14-23)21(22-20(18)25)8-10-24(11-9-21)28(26,27)15-17-6-4-3-5-7-17/h3-7,16,18-19H,8-15H2,1-2H3,(H,22,25)/t18-,19+/m1/s1. The molecule has 28 heavy (non-hydrogen) atoms. The largest absolute Gasteiger partial charge is 0.350 e. The smallest absolute Gasteiger partial charge is 0.225 e. The molecule has 1 amide bonds. The lowest BCUT2D eigenvalue weighted by atomic mass is 9.76. The number of rotatable bonds is 5. The van der Waals surface area contributed by atoms with Gasteiger partial charge in [0.2, 0.25) is 15.9 Å². The normalized spacial score (nSPS) is 28.0. The van der Waals surface area contributed by atoms with Gasteiger partial charge >= 0.3 is 0 Å². The average molecular weight is 406 g/mol. The minimum atomic E-state index is -3.33. The van der Waals surface area contributed by atoms with E-state index in [9.17, 15) is 13.2 Å². The van der Waals surface area contributed by atoms with Crippen LogP contribution in [0.2, 0.25) is 0 Å². The van der Waals surface area contributed by atoms with Crippen molar-refractivity contribution in [1.29, 1.82) is 0 Å². The predicted molar refractivity (Wildman–Crippen MR) is 109 cm³/mol. The molecular weight excluding hydrogens is 374 g/mol. The van der Waals surface area contributed by atoms with Crippen molar-refractivity contribution in [2.75, 3.05) is 32.7 Å². The van der Waals surface area contributed by atoms with Crippen molar-refractivity contribution in [3.8, 4) is 0 Å². The van der Waals surface area contributed by atoms with Crippen LogP contribution in [0.15, 0.2) is 30.3 Å². The van der Waals surface area contributed by atoms with E-state index in [4.69, 9.17) is 0 Å². The third-order valence-corrected chi connectivity index (χ3v) is 8.49. The average Bonchev–Trinajstić information content (AvgIpc) is 3.15. The zero-order valence-electron chi connectivity index (χ0n) is 16.8. The molecule has 1 aromatic carbocycles. The van der Waals surface area contributed by atoms with Crippen molar-refractivity contribution in [3.05, 3.63) is 35.9 Å². The van der Waals surface area contributed by atoms with Crippen LogP contribution in [0.25, 0.3) is 0 Å². The lowest BCUT2D eigenvalue weighted by Crippen LogP contribution is -2.56. The molecule has 0 aromatic heterocycles. The molecule has 1 N–H and O–H groups in total. The van der Waals surface area contributed by atoms with Gasteiger partial charge in [0.1, 0.15) is 0 Å². The maximum Gasteiger partial charge on any atom is 0.225 e. The lowest BCUT2D eigenvalue weighted by Gasteiger charge is -2.42. The Balaban J connectivity index is 1.42. The second-order valence-electron chi connectivity index (χ2n) is 9.11. The highest BCUT2D eigenvalue weighted by atomic mass is 32.2. The summed E-state index contributed by atoms with van der Waals surface area (Å²) in [5.74, 6) is 1.16. The Bertz CT molecular complexity index is 817. The predicted octanol–water partition coefficient (Wildman–Crippen LogP) is 1.68. The Morgan fingerprint density at radius 2 is 1.82 bits per heavy atom. The second-order valence-corrected chi connectivity index (χ2v) is 11.1. The topological polar surface area (TPSA) is 69.7 Å². The SMILES string of the molecule is CC(C)CN1C[C@H]2C(=O)NC3(CCN(S(=O)(=O)Cc4ccccc4)CC3)[C@H]2C1. The van der Waals surface area contributed by atoms with Crippen molar-refractivity contribution >= 4 is 15.9 Å². The summed E-state index contributed by atoms with van der Waals surface area (Å²) in [5.41, 5.74) is 0.587. The van der Waals surface area contributed by atoms with E-state index in [0.29, 0.717) is 37.8 Å². The summed E-state index contributed by atoms with van der Waals surface area (Å²) in [4.78, 5) is 15.0. The third-order valence-electron chi connectivity index (χ3n) is 6.64. The maximum absolute atomic E-state index is 12.9. The molecule has 7 heteroatoms. The quantitative estimate of drug-likeness (QED) is 0.809. The number of likely N-dealkylation sites (tertiary alicyclic amines) is 1. The van der Waals surface area contributed by atoms with Gasteiger partial charge in [-0.05, 0) is 24.3 Å². The molecule has 1 aromatic rings. The fourth-order valence-corrected chi connectivity index (χ4v) is 6.88. The Hall–Kier alpha value is -1.44. The van der Waals surface area contributed by atoms with Crippen LogP contribution in [0.4, 0.5) is 0 Å². The monoisotopic (exact) mass is 405 g/mol. The number of carbonyl (C=O) groups is 1. The van der Waals surface area contributed by atoms with Crippen LogP contribution in [0.3, 0.4) is 0 Å². The molecule has 2 atom stereocenters. The molecule has 0 radical (unpaired) electrons. The molecule has 3 fully saturated rings. The Morgan fingerprint density at radius 3 is 2.46 bits per heavy atom. The lowest BCUT2D eigenvalue weighted by molar-refractivity contribution is -0.123. The van der Waals surface area contributed by atoms with Crippen LogP contribution in [-0.2, 0) is 20.6 Å². The molecule has 0 saturated carbocycles. The van der Waals surface area contributed by atoms with Gasteiger partial charge in [-0.2, -0.15) is 0 Å². The van der Waals surface area contributed by atoms with E-state index < -0.39 is 10.0 Å². The maximum atomic E-state index is 12.9. The van der Waals surface area contributed by atoms with Gasteiger partial charge in [0.05, 0.1) is 11.7 Å². The Morgan fingerprint density at radius 1 is 1.14 bits per heavy atom. The zero-order valence-corrected chi connectivity index (χ0v) is 17.6. The summed E-state index contributed by atoms with van der Waals surface area (Å²) in [6.45, 7) is 8.20. The first-order valence-corrected chi connectivity index (χ1v) is 12.0. The summed E-state index contributed by atoms with van der Waals surface area (Å²) < 4.78 is 27.3. The number of hydrogen-bond donors (Lipinski definition) is 1. The van der Waals surface area contributed by atoms with E-state index in [1.54, 1.807) is 4.31 Å². The third kappa shape index (κ3) is 3.72. The van der Waals surface area contributed by atoms with E-state index in [0.717, 1.165) is 25.2 Å². The van der Waals surface area contributed by atoms with Gasteiger partial charge in [0.15, 0.2) is 0 Å². The summed E-state index contributed by atoms with van der Waals surface area (Å²) in [5, 5.41) is 3.28. The number of carbonyl (C=O) groups excluding carboxylic acids is 1. The van der Waals surface area contributed by atoms with Crippen LogP contribution in [0.5, 0.6) is 0 Å². The molecule has 1 spiro atoms. The fourth-order valence-electron chi connectivity index (χ4n) is 5.34. The van der Waals surface area contributed by atoms with Crippen LogP contribution in [0, 0.1) is 17.8 Å². The number of nitrogens with zero attached hydrogens (tertiary/aromatic N) is 2. The van der Waals surface area contributed by atoms with E-state index in [-0.39, 0.29) is 23.1 Å². The summed E-state index contributed by atoms with van der Waals surface area (Å²) >= 11 is 0. The molecule has 0 aliphatic carbocycles. The van der Waals surface area contributed by atoms with Crippen molar-refractivity contribution in [3.63, 3.8) is 0 Å². The van der Waals surface area contributed by atoms with E-state index in [1.807, 2.05) is 30.3 Å². The number of sulfonamides is 1. The molecular formula is C21H31N3O3S. The Kier molecular flexibility index (Phi) is 5.27. The number of benzene rings is 1. The van der Waals surface area contributed by atoms with Gasteiger partial charge in [0, 0.05) is 44.2 Å². The molecule has 6 nitrogen and oxygen atoms in total. The van der Waals surface area contributed by atoms with Gasteiger partial charge in [-0.15, -0.1) is 0 Å². The molecule has 4 rings (SSSR count). The van der Waals surface area contributed by atoms with Gasteiger partial charge in [-0.1, -0.05) is 44.2 Å². The highest BCUT2D eigenvalue weighted by Crippen LogP contribution is 2.44. The Labute approximate surface area is 168 Å². The van der Waals surface area contributed by atoms with Gasteiger partial charge in [-0.3, -0.25) is 4.79 Å². The molecule has 3 aliphatic rings. The molecule has 0 bridgehead atoms. The van der Waals surface area contributed by atoms with Crippen molar-refractivity contribution in [2.24, 2.45) is 17.8 Å². The number of fused-ring (bicyclic) bond motifs is 2. The molecule has 3 heterocycles. The number of piperidine rings is 1. The van der Waals surface area contributed by atoms with Gasteiger partial charge < -0.3 is 10.2 Å². The first-order chi connectivity index (χ1) is 13.3. The minimum Gasteiger partial charge on any atom is -0.350 e. The van der Waals surface area contributed by atoms with Gasteiger partial charge in [-0.25, -0.2) is 12.7 Å². The van der Waals surface area contributed by atoms with Gasteiger partial charge in [0.25, 0.3) is 0 Å². The summed E-state index contributed by atoms with van der Waals surface area (Å²) in [6.07, 6.45) is 1.42. The molecule has 154 valence electrons. The first-order valence-electron chi connectivity index (χ1n) is 10.4. The number of amides is 1. The van der Waals surface area contributed by atoms with Crippen LogP contribution >= 0.6 is 0 Å². The van der Waals surface area contributed by atoms with Crippen LogP contribution < -0.4 is 5.32 Å². The summed E-state index contributed by atoms with van der Waals surface area (Å²) in [6, 6.07) is 9.34. The number of hydrogen-bond acceptors (Lipinski definition) is 4. The van der Waals surface area contributed by atoms with Crippen LogP contribution in [-0.4, -0.2) is 61.8 Å². The van der Waals surface area contributed by atoms with E-state index in [2.05, 4.69) is 24.1 Å². The molecule has 3 saturated heterocycles. The summed E-state index contributed by atoms with van der Waals surface area (Å²) in [7, 11) is -3.33. The number of nitrogens with one attached hydrogen (secondary N) is 1. The molecule has 3 aliphatic heterocycles. The van der Waals surface area contributed by atoms with E-state index in [1.165, 1.54) is 0 Å². The van der Waals surface area contributed by atoms with Crippen molar-refractivity contribution < 1.29 is 13.2 Å². The van der Waals surface area contributed by atoms with Crippen LogP contribution in [0.1, 0.15) is 32.3 Å². The zero-order chi connectivity index (χ0) is 19.9. The minimum absolute atomic E-state index is 0.0431. The fraction of sp³-hybridized carbons (Fsp3) is 0.667. The highest BCUT2D eigenvalue weighted by molar-refractivity contribution is 7.88. The van der Waals surface area contributed by atoms with Crippen molar-refractivity contribution in [1.82, 2.24) is 14.5 Å². The molecule has 0 unspecified atom stereocenters. The second kappa shape index (κ2) is 7.43. The first kappa shape index (κ1) is 19.9. The van der Waals surface area contributed by atoms with Crippen molar-refractivity contribution in [2.45, 2.75) is 38.0 Å².